The van der Waals surface area contributed by atoms with Crippen LogP contribution in [0.1, 0.15) is 37.1 Å². The van der Waals surface area contributed by atoms with Crippen LogP contribution < -0.4 is 5.73 Å². The second kappa shape index (κ2) is 7.96. The Kier molecular flexibility index (Phi) is 5.96. The normalized spacial score (nSPS) is 12.8. The predicted molar refractivity (Wildman–Crippen MR) is 86.8 cm³/mol. The number of hydrogen-bond acceptors (Lipinski definition) is 3. The summed E-state index contributed by atoms with van der Waals surface area (Å²) in [5, 5.41) is 0. The molecule has 0 bridgehead atoms. The third-order valence-electron chi connectivity index (χ3n) is 3.80. The molecule has 2 rings (SSSR count). The molecule has 0 aliphatic heterocycles. The Morgan fingerprint density at radius 1 is 1.29 bits per heavy atom. The lowest BCUT2D eigenvalue weighted by molar-refractivity contribution is 0.313. The van der Waals surface area contributed by atoms with Crippen molar-refractivity contribution in [2.45, 2.75) is 38.9 Å². The second-order valence-corrected chi connectivity index (χ2v) is 5.60. The van der Waals surface area contributed by atoms with E-state index in [1.54, 1.807) is 0 Å². The van der Waals surface area contributed by atoms with Crippen molar-refractivity contribution in [3.63, 3.8) is 0 Å². The summed E-state index contributed by atoms with van der Waals surface area (Å²) in [6, 6.07) is 10.7. The van der Waals surface area contributed by atoms with Crippen molar-refractivity contribution in [2.24, 2.45) is 5.73 Å². The Hall–Kier alpha value is -1.65. The van der Waals surface area contributed by atoms with E-state index in [0.717, 1.165) is 38.2 Å². The third-order valence-corrected chi connectivity index (χ3v) is 3.80. The van der Waals surface area contributed by atoms with Crippen molar-refractivity contribution in [1.82, 2.24) is 14.5 Å². The fraction of sp³-hybridized carbons (Fsp3) is 0.471. The minimum absolute atomic E-state index is 0.0922. The fourth-order valence-corrected chi connectivity index (χ4v) is 2.52. The first-order valence-electron chi connectivity index (χ1n) is 7.68. The zero-order valence-electron chi connectivity index (χ0n) is 13.1. The van der Waals surface area contributed by atoms with Gasteiger partial charge in [-0.25, -0.2) is 4.98 Å². The summed E-state index contributed by atoms with van der Waals surface area (Å²) in [6.07, 6.45) is 5.83. The SMILES string of the molecule is CC[C@@H](N)c1cncn1CCCN(C)Cc1ccccc1. The maximum Gasteiger partial charge on any atom is 0.0948 e. The van der Waals surface area contributed by atoms with Gasteiger partial charge in [0.25, 0.3) is 0 Å². The number of hydrogen-bond donors (Lipinski definition) is 1. The zero-order valence-corrected chi connectivity index (χ0v) is 13.1. The van der Waals surface area contributed by atoms with Gasteiger partial charge in [-0.15, -0.1) is 0 Å². The summed E-state index contributed by atoms with van der Waals surface area (Å²) < 4.78 is 2.19. The van der Waals surface area contributed by atoms with Crippen LogP contribution in [0, 0.1) is 0 Å². The molecule has 2 aromatic rings. The van der Waals surface area contributed by atoms with Gasteiger partial charge in [0.1, 0.15) is 0 Å². The van der Waals surface area contributed by atoms with Gasteiger partial charge in [-0.05, 0) is 32.0 Å². The van der Waals surface area contributed by atoms with Crippen molar-refractivity contribution < 1.29 is 0 Å². The molecule has 1 aromatic carbocycles. The largest absolute Gasteiger partial charge is 0.333 e. The van der Waals surface area contributed by atoms with Gasteiger partial charge < -0.3 is 15.2 Å². The molecule has 4 heteroatoms. The summed E-state index contributed by atoms with van der Waals surface area (Å²) in [5.74, 6) is 0. The smallest absolute Gasteiger partial charge is 0.0948 e. The van der Waals surface area contributed by atoms with E-state index in [-0.39, 0.29) is 6.04 Å². The molecule has 0 saturated carbocycles. The minimum atomic E-state index is 0.0922. The Bertz CT molecular complexity index is 521. The lowest BCUT2D eigenvalue weighted by Crippen LogP contribution is -2.21. The van der Waals surface area contributed by atoms with Crippen LogP contribution >= 0.6 is 0 Å². The van der Waals surface area contributed by atoms with Gasteiger partial charge >= 0.3 is 0 Å². The van der Waals surface area contributed by atoms with Gasteiger partial charge in [-0.2, -0.15) is 0 Å². The molecule has 0 spiro atoms. The van der Waals surface area contributed by atoms with E-state index in [4.69, 9.17) is 5.73 Å². The molecule has 1 atom stereocenters. The van der Waals surface area contributed by atoms with E-state index < -0.39 is 0 Å². The molecular weight excluding hydrogens is 260 g/mol. The Morgan fingerprint density at radius 2 is 2.05 bits per heavy atom. The Labute approximate surface area is 127 Å². The van der Waals surface area contributed by atoms with Crippen LogP contribution in [0.15, 0.2) is 42.9 Å². The molecule has 0 fully saturated rings. The predicted octanol–water partition coefficient (Wildman–Crippen LogP) is 2.82. The highest BCUT2D eigenvalue weighted by molar-refractivity contribution is 5.14. The average Bonchev–Trinajstić information content (AvgIpc) is 2.96. The molecule has 0 unspecified atom stereocenters. The van der Waals surface area contributed by atoms with Gasteiger partial charge in [0, 0.05) is 25.3 Å². The lowest BCUT2D eigenvalue weighted by Gasteiger charge is -2.18. The second-order valence-electron chi connectivity index (χ2n) is 5.60. The van der Waals surface area contributed by atoms with Crippen molar-refractivity contribution in [2.75, 3.05) is 13.6 Å². The minimum Gasteiger partial charge on any atom is -0.333 e. The fourth-order valence-electron chi connectivity index (χ4n) is 2.52. The van der Waals surface area contributed by atoms with Gasteiger partial charge in [0.05, 0.1) is 12.0 Å². The zero-order chi connectivity index (χ0) is 15.1. The molecule has 0 radical (unpaired) electrons. The Balaban J connectivity index is 1.78. The number of imidazole rings is 1. The molecule has 114 valence electrons. The molecule has 1 heterocycles. The highest BCUT2D eigenvalue weighted by atomic mass is 15.1. The molecule has 4 nitrogen and oxygen atoms in total. The van der Waals surface area contributed by atoms with Crippen molar-refractivity contribution in [3.05, 3.63) is 54.1 Å². The summed E-state index contributed by atoms with van der Waals surface area (Å²) in [6.45, 7) is 5.14. The van der Waals surface area contributed by atoms with Crippen molar-refractivity contribution in [3.8, 4) is 0 Å². The summed E-state index contributed by atoms with van der Waals surface area (Å²) in [4.78, 5) is 6.58. The molecular formula is C17H26N4. The summed E-state index contributed by atoms with van der Waals surface area (Å²) >= 11 is 0. The van der Waals surface area contributed by atoms with Crippen LogP contribution in [-0.2, 0) is 13.1 Å². The van der Waals surface area contributed by atoms with E-state index >= 15 is 0 Å². The molecule has 0 saturated heterocycles. The highest BCUT2D eigenvalue weighted by Crippen LogP contribution is 2.13. The molecule has 2 N–H and O–H groups in total. The molecule has 0 aliphatic rings. The van der Waals surface area contributed by atoms with Crippen LogP contribution in [0.4, 0.5) is 0 Å². The number of benzene rings is 1. The van der Waals surface area contributed by atoms with E-state index in [9.17, 15) is 0 Å². The van der Waals surface area contributed by atoms with E-state index in [0.29, 0.717) is 0 Å². The van der Waals surface area contributed by atoms with Gasteiger partial charge in [-0.3, -0.25) is 0 Å². The average molecular weight is 286 g/mol. The van der Waals surface area contributed by atoms with Crippen LogP contribution in [0.3, 0.4) is 0 Å². The highest BCUT2D eigenvalue weighted by Gasteiger charge is 2.09. The molecule has 0 amide bonds. The maximum absolute atomic E-state index is 6.10. The number of rotatable bonds is 8. The number of nitrogens with two attached hydrogens (primary N) is 1. The van der Waals surface area contributed by atoms with Crippen LogP contribution in [-0.4, -0.2) is 28.0 Å². The van der Waals surface area contributed by atoms with Crippen molar-refractivity contribution >= 4 is 0 Å². The first-order valence-corrected chi connectivity index (χ1v) is 7.68. The topological polar surface area (TPSA) is 47.1 Å². The third kappa shape index (κ3) is 4.69. The van der Waals surface area contributed by atoms with Crippen LogP contribution in [0.5, 0.6) is 0 Å². The number of aromatic nitrogens is 2. The molecule has 1 aromatic heterocycles. The molecule has 0 aliphatic carbocycles. The van der Waals surface area contributed by atoms with Crippen molar-refractivity contribution in [1.29, 1.82) is 0 Å². The quantitative estimate of drug-likeness (QED) is 0.811. The van der Waals surface area contributed by atoms with E-state index in [1.165, 1.54) is 5.56 Å². The first-order chi connectivity index (χ1) is 10.2. The van der Waals surface area contributed by atoms with E-state index in [1.807, 2.05) is 12.5 Å². The number of nitrogens with zero attached hydrogens (tertiary/aromatic N) is 3. The Morgan fingerprint density at radius 3 is 2.76 bits per heavy atom. The van der Waals surface area contributed by atoms with Gasteiger partial charge in [0.2, 0.25) is 0 Å². The maximum atomic E-state index is 6.10. The van der Waals surface area contributed by atoms with Gasteiger partial charge in [-0.1, -0.05) is 37.3 Å². The first kappa shape index (κ1) is 15.7. The number of aryl methyl sites for hydroxylation is 1. The van der Waals surface area contributed by atoms with Gasteiger partial charge in [0.15, 0.2) is 0 Å². The van der Waals surface area contributed by atoms with Crippen LogP contribution in [0.2, 0.25) is 0 Å². The standard InChI is InChI=1S/C17H26N4/c1-3-16(18)17-12-19-14-21(17)11-7-10-20(2)13-15-8-5-4-6-9-15/h4-6,8-9,12,14,16H,3,7,10-11,13,18H2,1-2H3/t16-/m1/s1. The summed E-state index contributed by atoms with van der Waals surface area (Å²) in [5.41, 5.74) is 8.60. The molecule has 21 heavy (non-hydrogen) atoms. The van der Waals surface area contributed by atoms with Crippen LogP contribution in [0.25, 0.3) is 0 Å². The summed E-state index contributed by atoms with van der Waals surface area (Å²) in [7, 11) is 2.17. The van der Waals surface area contributed by atoms with E-state index in [2.05, 4.69) is 58.8 Å². The lowest BCUT2D eigenvalue weighted by atomic mass is 10.2. The monoisotopic (exact) mass is 286 g/mol.